The van der Waals surface area contributed by atoms with E-state index in [9.17, 15) is 18.0 Å². The zero-order valence-electron chi connectivity index (χ0n) is 12.6. The number of nitrogens with one attached hydrogen (secondary N) is 1. The van der Waals surface area contributed by atoms with Gasteiger partial charge in [-0.25, -0.2) is 10.0 Å². The monoisotopic (exact) mass is 358 g/mol. The summed E-state index contributed by atoms with van der Waals surface area (Å²) in [5, 5.41) is 8.48. The molecule has 0 aliphatic carbocycles. The number of alkyl halides is 3. The van der Waals surface area contributed by atoms with Gasteiger partial charge >= 0.3 is 6.18 Å². The van der Waals surface area contributed by atoms with E-state index in [0.29, 0.717) is 10.7 Å². The number of benzene rings is 1. The molecule has 2 heterocycles. The number of anilines is 1. The van der Waals surface area contributed by atoms with Crippen LogP contribution in [-0.4, -0.2) is 30.3 Å². The van der Waals surface area contributed by atoms with Crippen LogP contribution in [0.1, 0.15) is 13.3 Å². The number of carbonyl (C=O) groups is 1. The van der Waals surface area contributed by atoms with Crippen LogP contribution < -0.4 is 10.3 Å². The van der Waals surface area contributed by atoms with E-state index in [4.69, 9.17) is 11.6 Å². The van der Waals surface area contributed by atoms with Crippen molar-refractivity contribution in [1.29, 1.82) is 0 Å². The van der Waals surface area contributed by atoms with E-state index >= 15 is 0 Å². The Bertz CT molecular complexity index is 719. The number of aliphatic imine (C=N–C) groups is 1. The molecule has 24 heavy (non-hydrogen) atoms. The molecular formula is C15H14ClF3N4O. The Morgan fingerprint density at radius 2 is 2.08 bits per heavy atom. The quantitative estimate of drug-likeness (QED) is 0.902. The summed E-state index contributed by atoms with van der Waals surface area (Å²) in [5.74, 6) is -2.68. The van der Waals surface area contributed by atoms with Crippen molar-refractivity contribution in [2.75, 3.05) is 5.01 Å². The molecule has 0 saturated heterocycles. The molecule has 128 valence electrons. The first-order valence-corrected chi connectivity index (χ1v) is 7.67. The number of hydrogen-bond acceptors (Lipinski definition) is 4. The molecule has 0 radical (unpaired) electrons. The molecule has 1 amide bonds. The second-order valence-electron chi connectivity index (χ2n) is 5.71. The Morgan fingerprint density at radius 3 is 2.75 bits per heavy atom. The van der Waals surface area contributed by atoms with Crippen LogP contribution in [0.5, 0.6) is 0 Å². The normalized spacial score (nSPS) is 24.5. The smallest absolute Gasteiger partial charge is 0.314 e. The van der Waals surface area contributed by atoms with Crippen LogP contribution in [-0.2, 0) is 4.79 Å². The molecule has 3 rings (SSSR count). The summed E-state index contributed by atoms with van der Waals surface area (Å²) < 4.78 is 38.2. The number of hydrazone groups is 1. The lowest BCUT2D eigenvalue weighted by atomic mass is 10.0. The lowest BCUT2D eigenvalue weighted by molar-refractivity contribution is -0.167. The first-order chi connectivity index (χ1) is 11.3. The van der Waals surface area contributed by atoms with Gasteiger partial charge in [0.15, 0.2) is 6.17 Å². The number of para-hydroxylation sites is 1. The van der Waals surface area contributed by atoms with E-state index in [-0.39, 0.29) is 5.84 Å². The summed E-state index contributed by atoms with van der Waals surface area (Å²) in [6.45, 7) is 1.05. The van der Waals surface area contributed by atoms with Gasteiger partial charge in [0.2, 0.25) is 5.91 Å². The summed E-state index contributed by atoms with van der Waals surface area (Å²) in [6, 6.07) is 6.88. The highest BCUT2D eigenvalue weighted by Crippen LogP contribution is 2.34. The first-order valence-electron chi connectivity index (χ1n) is 7.29. The van der Waals surface area contributed by atoms with Crippen LogP contribution in [0.2, 0.25) is 5.02 Å². The summed E-state index contributed by atoms with van der Waals surface area (Å²) in [4.78, 5) is 16.4. The van der Waals surface area contributed by atoms with Gasteiger partial charge < -0.3 is 5.32 Å². The highest BCUT2D eigenvalue weighted by molar-refractivity contribution is 6.33. The van der Waals surface area contributed by atoms with Crippen molar-refractivity contribution in [3.05, 3.63) is 29.3 Å². The van der Waals surface area contributed by atoms with E-state index < -0.39 is 36.5 Å². The minimum absolute atomic E-state index is 0.00799. The van der Waals surface area contributed by atoms with Crippen LogP contribution in [0.15, 0.2) is 34.4 Å². The Labute approximate surface area is 141 Å². The van der Waals surface area contributed by atoms with Crippen molar-refractivity contribution in [3.63, 3.8) is 0 Å². The second kappa shape index (κ2) is 6.08. The molecule has 2 aliphatic heterocycles. The van der Waals surface area contributed by atoms with Crippen molar-refractivity contribution < 1.29 is 18.0 Å². The molecule has 3 atom stereocenters. The average molecular weight is 359 g/mol. The zero-order valence-corrected chi connectivity index (χ0v) is 13.3. The SMILES string of the molecule is C[C@@H](CC1=NC2C(C=NN2c2ccccc2Cl)C(=O)N1)C(F)(F)F. The number of amidine groups is 1. The van der Waals surface area contributed by atoms with Gasteiger partial charge in [-0.15, -0.1) is 0 Å². The van der Waals surface area contributed by atoms with Crippen LogP contribution in [0.3, 0.4) is 0 Å². The van der Waals surface area contributed by atoms with Crippen molar-refractivity contribution in [2.45, 2.75) is 25.7 Å². The molecule has 1 N–H and O–H groups in total. The van der Waals surface area contributed by atoms with Gasteiger partial charge in [-0.05, 0) is 12.1 Å². The number of carbonyl (C=O) groups excluding carboxylic acids is 1. The Morgan fingerprint density at radius 1 is 1.38 bits per heavy atom. The van der Waals surface area contributed by atoms with E-state index in [1.54, 1.807) is 24.3 Å². The van der Waals surface area contributed by atoms with Crippen LogP contribution >= 0.6 is 11.6 Å². The minimum Gasteiger partial charge on any atom is -0.314 e. The lowest BCUT2D eigenvalue weighted by Crippen LogP contribution is -2.49. The number of amides is 1. The first kappa shape index (κ1) is 16.8. The predicted molar refractivity (Wildman–Crippen MR) is 85.1 cm³/mol. The largest absolute Gasteiger partial charge is 0.391 e. The van der Waals surface area contributed by atoms with Crippen molar-refractivity contribution in [2.24, 2.45) is 21.9 Å². The third-order valence-electron chi connectivity index (χ3n) is 3.94. The van der Waals surface area contributed by atoms with Gasteiger partial charge in [0.1, 0.15) is 11.8 Å². The van der Waals surface area contributed by atoms with E-state index in [2.05, 4.69) is 15.4 Å². The number of hydrogen-bond donors (Lipinski definition) is 1. The van der Waals surface area contributed by atoms with Gasteiger partial charge in [-0.3, -0.25) is 4.79 Å². The second-order valence-corrected chi connectivity index (χ2v) is 6.12. The average Bonchev–Trinajstić information content (AvgIpc) is 2.91. The van der Waals surface area contributed by atoms with Gasteiger partial charge in [0, 0.05) is 12.6 Å². The highest BCUT2D eigenvalue weighted by atomic mass is 35.5. The Kier molecular flexibility index (Phi) is 4.25. The molecular weight excluding hydrogens is 345 g/mol. The molecule has 5 nitrogen and oxygen atoms in total. The maximum absolute atomic E-state index is 12.7. The Balaban J connectivity index is 1.88. The maximum atomic E-state index is 12.7. The molecule has 0 fully saturated rings. The predicted octanol–water partition coefficient (Wildman–Crippen LogP) is 3.20. The number of fused-ring (bicyclic) bond motifs is 1. The third-order valence-corrected chi connectivity index (χ3v) is 4.26. The minimum atomic E-state index is -4.35. The third kappa shape index (κ3) is 3.10. The molecule has 1 aromatic carbocycles. The molecule has 0 bridgehead atoms. The zero-order chi connectivity index (χ0) is 17.5. The summed E-state index contributed by atoms with van der Waals surface area (Å²) in [6.07, 6.45) is -4.04. The highest BCUT2D eigenvalue weighted by Gasteiger charge is 2.43. The van der Waals surface area contributed by atoms with Gasteiger partial charge in [0.05, 0.1) is 16.6 Å². The fourth-order valence-electron chi connectivity index (χ4n) is 2.55. The molecule has 0 spiro atoms. The lowest BCUT2D eigenvalue weighted by Gasteiger charge is -2.30. The van der Waals surface area contributed by atoms with Gasteiger partial charge in [-0.1, -0.05) is 30.7 Å². The molecule has 0 saturated carbocycles. The molecule has 2 aliphatic rings. The van der Waals surface area contributed by atoms with Crippen LogP contribution in [0.25, 0.3) is 0 Å². The van der Waals surface area contributed by atoms with Crippen molar-refractivity contribution in [3.8, 4) is 0 Å². The summed E-state index contributed by atoms with van der Waals surface area (Å²) >= 11 is 6.14. The van der Waals surface area contributed by atoms with Crippen LogP contribution in [0, 0.1) is 11.8 Å². The van der Waals surface area contributed by atoms with E-state index in [1.807, 2.05) is 0 Å². The number of nitrogens with zero attached hydrogens (tertiary/aromatic N) is 3. The summed E-state index contributed by atoms with van der Waals surface area (Å²) in [5.41, 5.74) is 0.546. The van der Waals surface area contributed by atoms with E-state index in [0.717, 1.165) is 6.92 Å². The molecule has 9 heteroatoms. The Hall–Kier alpha value is -2.09. The topological polar surface area (TPSA) is 57.1 Å². The fraction of sp³-hybridized carbons (Fsp3) is 0.400. The molecule has 1 aromatic rings. The van der Waals surface area contributed by atoms with Crippen LogP contribution in [0.4, 0.5) is 18.9 Å². The molecule has 0 aromatic heterocycles. The number of rotatable bonds is 3. The fourth-order valence-corrected chi connectivity index (χ4v) is 2.77. The van der Waals surface area contributed by atoms with Crippen molar-refractivity contribution in [1.82, 2.24) is 5.32 Å². The van der Waals surface area contributed by atoms with E-state index in [1.165, 1.54) is 11.2 Å². The van der Waals surface area contributed by atoms with Crippen molar-refractivity contribution >= 4 is 35.2 Å². The standard InChI is InChI=1S/C15H14ClF3N4O/c1-8(15(17,18)19)6-12-21-13-9(14(24)22-12)7-20-23(13)11-5-3-2-4-10(11)16/h2-5,7-9,13H,6H2,1H3,(H,21,22,24)/t8-,9?,13?/m0/s1. The van der Waals surface area contributed by atoms with Gasteiger partial charge in [-0.2, -0.15) is 18.3 Å². The summed E-state index contributed by atoms with van der Waals surface area (Å²) in [7, 11) is 0. The number of halogens is 4. The maximum Gasteiger partial charge on any atom is 0.391 e. The van der Waals surface area contributed by atoms with Gasteiger partial charge in [0.25, 0.3) is 0 Å². The molecule has 2 unspecified atom stereocenters.